The van der Waals surface area contributed by atoms with E-state index in [0.717, 1.165) is 50.3 Å². The van der Waals surface area contributed by atoms with Gasteiger partial charge in [-0.1, -0.05) is 0 Å². The van der Waals surface area contributed by atoms with E-state index in [0.29, 0.717) is 12.4 Å². The lowest BCUT2D eigenvalue weighted by molar-refractivity contribution is -0.136. The van der Waals surface area contributed by atoms with Gasteiger partial charge in [-0.15, -0.1) is 0 Å². The highest BCUT2D eigenvalue weighted by Gasteiger charge is 2.31. The lowest BCUT2D eigenvalue weighted by Gasteiger charge is -2.36. The van der Waals surface area contributed by atoms with Crippen LogP contribution in [-0.2, 0) is 22.6 Å². The number of carbonyl (C=O) groups is 2. The zero-order chi connectivity index (χ0) is 18.7. The van der Waals surface area contributed by atoms with Crippen LogP contribution >= 0.6 is 0 Å². The molecule has 3 heterocycles. The fourth-order valence-corrected chi connectivity index (χ4v) is 3.74. The maximum atomic E-state index is 12.6. The minimum Gasteiger partial charge on any atom is -0.373 e. The van der Waals surface area contributed by atoms with Crippen LogP contribution in [-0.4, -0.2) is 65.3 Å². The average Bonchev–Trinajstić information content (AvgIpc) is 2.64. The number of nitrogens with one attached hydrogen (secondary N) is 2. The lowest BCUT2D eigenvalue weighted by Crippen LogP contribution is -2.44. The summed E-state index contributed by atoms with van der Waals surface area (Å²) in [6.07, 6.45) is 3.79. The molecule has 1 atom stereocenters. The third-order valence-electron chi connectivity index (χ3n) is 5.12. The summed E-state index contributed by atoms with van der Waals surface area (Å²) < 4.78 is 0. The van der Waals surface area contributed by atoms with Crippen molar-refractivity contribution >= 4 is 17.6 Å². The Morgan fingerprint density at radius 2 is 2.04 bits per heavy atom. The van der Waals surface area contributed by atoms with Gasteiger partial charge in [0.05, 0.1) is 18.3 Å². The molecule has 2 aliphatic heterocycles. The van der Waals surface area contributed by atoms with Crippen LogP contribution in [0.25, 0.3) is 0 Å². The molecule has 1 saturated heterocycles. The van der Waals surface area contributed by atoms with Gasteiger partial charge in [-0.2, -0.15) is 0 Å². The van der Waals surface area contributed by atoms with Crippen LogP contribution in [0.4, 0.5) is 5.82 Å². The van der Waals surface area contributed by atoms with Crippen LogP contribution in [0, 0.1) is 0 Å². The van der Waals surface area contributed by atoms with Crippen molar-refractivity contribution in [3.63, 3.8) is 0 Å². The lowest BCUT2D eigenvalue weighted by atomic mass is 9.99. The Balaban J connectivity index is 1.88. The molecule has 8 nitrogen and oxygen atoms in total. The number of anilines is 1. The van der Waals surface area contributed by atoms with Gasteiger partial charge in [0.15, 0.2) is 5.82 Å². The van der Waals surface area contributed by atoms with E-state index in [1.54, 1.807) is 0 Å². The maximum absolute atomic E-state index is 12.6. The van der Waals surface area contributed by atoms with E-state index in [-0.39, 0.29) is 24.4 Å². The van der Waals surface area contributed by atoms with Crippen LogP contribution in [0.3, 0.4) is 0 Å². The monoisotopic (exact) mass is 360 g/mol. The molecule has 0 unspecified atom stereocenters. The molecule has 1 aromatic rings. The first-order chi connectivity index (χ1) is 12.5. The Labute approximate surface area is 154 Å². The number of carbonyl (C=O) groups excluding carboxylic acids is 2. The predicted molar refractivity (Wildman–Crippen MR) is 98.6 cm³/mol. The van der Waals surface area contributed by atoms with Gasteiger partial charge < -0.3 is 20.4 Å². The minimum absolute atomic E-state index is 0.0262. The summed E-state index contributed by atoms with van der Waals surface area (Å²) in [5.74, 6) is 1.31. The molecule has 2 amide bonds. The maximum Gasteiger partial charge on any atom is 0.242 e. The Bertz CT molecular complexity index is 693. The van der Waals surface area contributed by atoms with Gasteiger partial charge in [0, 0.05) is 39.2 Å². The number of rotatable bonds is 4. The van der Waals surface area contributed by atoms with Crippen LogP contribution in [0.5, 0.6) is 0 Å². The molecule has 142 valence electrons. The van der Waals surface area contributed by atoms with Crippen LogP contribution in [0.2, 0.25) is 0 Å². The number of nitrogens with zero attached hydrogens (tertiary/aromatic N) is 4. The van der Waals surface area contributed by atoms with E-state index in [9.17, 15) is 9.59 Å². The van der Waals surface area contributed by atoms with Gasteiger partial charge in [0.25, 0.3) is 0 Å². The van der Waals surface area contributed by atoms with Crippen molar-refractivity contribution in [1.29, 1.82) is 0 Å². The zero-order valence-corrected chi connectivity index (χ0v) is 15.8. The molecule has 2 aliphatic rings. The predicted octanol–water partition coefficient (Wildman–Crippen LogP) is 0.696. The van der Waals surface area contributed by atoms with Crippen molar-refractivity contribution < 1.29 is 9.59 Å². The zero-order valence-electron chi connectivity index (χ0n) is 15.8. The number of hydrogen-bond donors (Lipinski definition) is 2. The molecule has 0 aromatic carbocycles. The Hall–Kier alpha value is -2.22. The normalized spacial score (nSPS) is 20.4. The smallest absolute Gasteiger partial charge is 0.242 e. The number of aromatic nitrogens is 2. The largest absolute Gasteiger partial charge is 0.373 e. The average molecular weight is 360 g/mol. The second-order valence-corrected chi connectivity index (χ2v) is 7.10. The molecule has 8 heteroatoms. The first kappa shape index (κ1) is 18.6. The van der Waals surface area contributed by atoms with E-state index in [4.69, 9.17) is 9.97 Å². The number of likely N-dealkylation sites (N-methyl/N-ethyl adjacent to an activating group) is 1. The SMILES string of the molecule is CNc1nc([C@@H]2CCCCN2C(=O)CNC(C)=O)nc2c1CCN(C)C2. The first-order valence-corrected chi connectivity index (χ1v) is 9.29. The summed E-state index contributed by atoms with van der Waals surface area (Å²) in [5, 5.41) is 5.81. The van der Waals surface area contributed by atoms with Gasteiger partial charge in [-0.25, -0.2) is 9.97 Å². The van der Waals surface area contributed by atoms with Gasteiger partial charge in [0.1, 0.15) is 5.82 Å². The molecule has 3 rings (SSSR count). The third-order valence-corrected chi connectivity index (χ3v) is 5.12. The molecular weight excluding hydrogens is 332 g/mol. The van der Waals surface area contributed by atoms with Crippen LogP contribution < -0.4 is 10.6 Å². The van der Waals surface area contributed by atoms with Gasteiger partial charge in [0.2, 0.25) is 11.8 Å². The summed E-state index contributed by atoms with van der Waals surface area (Å²) in [4.78, 5) is 37.4. The molecule has 26 heavy (non-hydrogen) atoms. The number of amides is 2. The van der Waals surface area contributed by atoms with Crippen molar-refractivity contribution in [3.8, 4) is 0 Å². The Morgan fingerprint density at radius 1 is 1.23 bits per heavy atom. The number of piperidine rings is 1. The van der Waals surface area contributed by atoms with Gasteiger partial charge >= 0.3 is 0 Å². The number of likely N-dealkylation sites (tertiary alicyclic amines) is 1. The highest BCUT2D eigenvalue weighted by molar-refractivity contribution is 5.84. The summed E-state index contributed by atoms with van der Waals surface area (Å²) in [6.45, 7) is 3.92. The molecule has 0 spiro atoms. The summed E-state index contributed by atoms with van der Waals surface area (Å²) in [5.41, 5.74) is 2.23. The van der Waals surface area contributed by atoms with E-state index in [1.807, 2.05) is 11.9 Å². The molecule has 0 saturated carbocycles. The molecule has 1 aromatic heterocycles. The van der Waals surface area contributed by atoms with Crippen molar-refractivity contribution in [2.24, 2.45) is 0 Å². The molecule has 2 N–H and O–H groups in total. The number of hydrogen-bond acceptors (Lipinski definition) is 6. The van der Waals surface area contributed by atoms with Crippen molar-refractivity contribution in [2.75, 3.05) is 39.0 Å². The van der Waals surface area contributed by atoms with E-state index < -0.39 is 0 Å². The second kappa shape index (κ2) is 7.99. The summed E-state index contributed by atoms with van der Waals surface area (Å²) in [7, 11) is 3.97. The van der Waals surface area contributed by atoms with Crippen molar-refractivity contribution in [3.05, 3.63) is 17.1 Å². The quantitative estimate of drug-likeness (QED) is 0.821. The summed E-state index contributed by atoms with van der Waals surface area (Å²) in [6, 6.07) is -0.130. The van der Waals surface area contributed by atoms with Crippen LogP contribution in [0.1, 0.15) is 49.3 Å². The van der Waals surface area contributed by atoms with E-state index in [1.165, 1.54) is 12.5 Å². The third kappa shape index (κ3) is 3.95. The first-order valence-electron chi connectivity index (χ1n) is 9.29. The second-order valence-electron chi connectivity index (χ2n) is 7.10. The standard InChI is InChI=1S/C18H28N6O2/c1-12(25)20-10-16(26)24-8-5-4-6-15(24)18-21-14-11-23(3)9-7-13(14)17(19-2)22-18/h15H,4-11H2,1-3H3,(H,20,25)(H,19,21,22)/t15-/m0/s1. The van der Waals surface area contributed by atoms with E-state index >= 15 is 0 Å². The topological polar surface area (TPSA) is 90.5 Å². The molecular formula is C18H28N6O2. The fourth-order valence-electron chi connectivity index (χ4n) is 3.74. The Kier molecular flexibility index (Phi) is 5.70. The molecule has 1 fully saturated rings. The number of fused-ring (bicyclic) bond motifs is 1. The highest BCUT2D eigenvalue weighted by atomic mass is 16.2. The van der Waals surface area contributed by atoms with Crippen LogP contribution in [0.15, 0.2) is 0 Å². The molecule has 0 radical (unpaired) electrons. The Morgan fingerprint density at radius 3 is 2.77 bits per heavy atom. The molecule has 0 aliphatic carbocycles. The summed E-state index contributed by atoms with van der Waals surface area (Å²) >= 11 is 0. The van der Waals surface area contributed by atoms with Crippen molar-refractivity contribution in [2.45, 2.75) is 45.2 Å². The van der Waals surface area contributed by atoms with E-state index in [2.05, 4.69) is 22.6 Å². The van der Waals surface area contributed by atoms with Crippen molar-refractivity contribution in [1.82, 2.24) is 25.1 Å². The fraction of sp³-hybridized carbons (Fsp3) is 0.667. The van der Waals surface area contributed by atoms with Gasteiger partial charge in [-0.3, -0.25) is 9.59 Å². The van der Waals surface area contributed by atoms with Gasteiger partial charge in [-0.05, 0) is 32.7 Å². The highest BCUT2D eigenvalue weighted by Crippen LogP contribution is 2.32. The minimum atomic E-state index is -0.197. The molecule has 0 bridgehead atoms.